The van der Waals surface area contributed by atoms with Crippen LogP contribution in [0, 0.1) is 29.4 Å². The SMILES string of the molecule is CCCC[C@H]1CC[C@H](CC[C@H]2CC[C@H](c3ccc(CCc4ccc(Cl)c(F)c4)c(F)c3)CC2)CC1. The van der Waals surface area contributed by atoms with Gasteiger partial charge in [-0.05, 0) is 97.1 Å². The van der Waals surface area contributed by atoms with Crippen LogP contribution in [0.5, 0.6) is 0 Å². The monoisotopic (exact) mass is 500 g/mol. The molecule has 2 aromatic rings. The van der Waals surface area contributed by atoms with E-state index in [4.69, 9.17) is 11.6 Å². The first-order valence-electron chi connectivity index (χ1n) is 14.2. The second kappa shape index (κ2) is 13.2. The fourth-order valence-corrected chi connectivity index (χ4v) is 6.67. The van der Waals surface area contributed by atoms with Gasteiger partial charge in [-0.2, -0.15) is 0 Å². The summed E-state index contributed by atoms with van der Waals surface area (Å²) in [6.45, 7) is 2.31. The molecule has 0 unspecified atom stereocenters. The van der Waals surface area contributed by atoms with Gasteiger partial charge in [0.15, 0.2) is 0 Å². The van der Waals surface area contributed by atoms with Gasteiger partial charge in [0.2, 0.25) is 0 Å². The highest BCUT2D eigenvalue weighted by molar-refractivity contribution is 6.30. The van der Waals surface area contributed by atoms with Crippen LogP contribution in [0.4, 0.5) is 8.78 Å². The number of halogens is 3. The van der Waals surface area contributed by atoms with Crippen LogP contribution in [0.3, 0.4) is 0 Å². The van der Waals surface area contributed by atoms with Crippen molar-refractivity contribution in [2.24, 2.45) is 17.8 Å². The molecule has 2 fully saturated rings. The molecule has 0 N–H and O–H groups in total. The molecule has 2 aliphatic rings. The lowest BCUT2D eigenvalue weighted by Crippen LogP contribution is -2.18. The predicted octanol–water partition coefficient (Wildman–Crippen LogP) is 10.5. The van der Waals surface area contributed by atoms with Gasteiger partial charge in [-0.25, -0.2) is 8.78 Å². The number of hydrogen-bond acceptors (Lipinski definition) is 0. The van der Waals surface area contributed by atoms with Crippen LogP contribution < -0.4 is 0 Å². The number of hydrogen-bond donors (Lipinski definition) is 0. The lowest BCUT2D eigenvalue weighted by atomic mass is 9.74. The van der Waals surface area contributed by atoms with E-state index in [2.05, 4.69) is 13.0 Å². The Morgan fingerprint density at radius 1 is 0.714 bits per heavy atom. The van der Waals surface area contributed by atoms with Crippen molar-refractivity contribution in [2.75, 3.05) is 0 Å². The molecule has 0 spiro atoms. The highest BCUT2D eigenvalue weighted by atomic mass is 35.5. The van der Waals surface area contributed by atoms with Crippen LogP contribution in [-0.2, 0) is 12.8 Å². The summed E-state index contributed by atoms with van der Waals surface area (Å²) in [5.41, 5.74) is 2.72. The molecule has 35 heavy (non-hydrogen) atoms. The van der Waals surface area contributed by atoms with Crippen molar-refractivity contribution in [3.8, 4) is 0 Å². The molecule has 2 aromatic carbocycles. The fourth-order valence-electron chi connectivity index (χ4n) is 6.55. The highest BCUT2D eigenvalue weighted by Gasteiger charge is 2.25. The summed E-state index contributed by atoms with van der Waals surface area (Å²) in [5.74, 6) is 2.81. The zero-order valence-corrected chi connectivity index (χ0v) is 22.3. The molecule has 0 saturated heterocycles. The number of aryl methyl sites for hydroxylation is 2. The first-order chi connectivity index (χ1) is 17.0. The summed E-state index contributed by atoms with van der Waals surface area (Å²) in [7, 11) is 0. The molecule has 0 radical (unpaired) electrons. The third-order valence-corrected chi connectivity index (χ3v) is 9.28. The van der Waals surface area contributed by atoms with Crippen molar-refractivity contribution in [3.05, 3.63) is 69.7 Å². The third kappa shape index (κ3) is 7.78. The van der Waals surface area contributed by atoms with Gasteiger partial charge in [-0.15, -0.1) is 0 Å². The molecule has 192 valence electrons. The van der Waals surface area contributed by atoms with Crippen molar-refractivity contribution in [1.29, 1.82) is 0 Å². The Balaban J connectivity index is 1.18. The molecular formula is C32H43ClF2. The van der Waals surface area contributed by atoms with Crippen molar-refractivity contribution in [3.63, 3.8) is 0 Å². The Labute approximate surface area is 216 Å². The van der Waals surface area contributed by atoms with Crippen LogP contribution in [0.15, 0.2) is 36.4 Å². The lowest BCUT2D eigenvalue weighted by molar-refractivity contribution is 0.222. The number of unbranched alkanes of at least 4 members (excludes halogenated alkanes) is 1. The van der Waals surface area contributed by atoms with Crippen LogP contribution >= 0.6 is 11.6 Å². The zero-order valence-electron chi connectivity index (χ0n) is 21.5. The second-order valence-electron chi connectivity index (χ2n) is 11.4. The van der Waals surface area contributed by atoms with Crippen molar-refractivity contribution < 1.29 is 8.78 Å². The summed E-state index contributed by atoms with van der Waals surface area (Å²) >= 11 is 5.76. The Morgan fingerprint density at radius 2 is 1.34 bits per heavy atom. The molecule has 0 nitrogen and oxygen atoms in total. The highest BCUT2D eigenvalue weighted by Crippen LogP contribution is 2.40. The van der Waals surface area contributed by atoms with Crippen molar-refractivity contribution >= 4 is 11.6 Å². The average Bonchev–Trinajstić information content (AvgIpc) is 2.88. The third-order valence-electron chi connectivity index (χ3n) is 8.98. The minimum atomic E-state index is -0.412. The van der Waals surface area contributed by atoms with E-state index in [9.17, 15) is 8.78 Å². The maximum atomic E-state index is 14.9. The van der Waals surface area contributed by atoms with Gasteiger partial charge in [-0.1, -0.05) is 94.5 Å². The van der Waals surface area contributed by atoms with Crippen LogP contribution in [0.2, 0.25) is 5.02 Å². The standard InChI is InChI=1S/C32H43ClF2/c1-2-3-4-23-5-7-24(8-6-23)9-10-25-11-15-27(16-12-25)29-19-18-28(31(34)22-29)17-13-26-14-20-30(33)32(35)21-26/h14,18-25,27H,2-13,15-17H2,1H3/t23-,24-,25-,27-. The van der Waals surface area contributed by atoms with E-state index >= 15 is 0 Å². The van der Waals surface area contributed by atoms with Gasteiger partial charge in [0.25, 0.3) is 0 Å². The van der Waals surface area contributed by atoms with Crippen molar-refractivity contribution in [1.82, 2.24) is 0 Å². The molecule has 0 atom stereocenters. The van der Waals surface area contributed by atoms with Gasteiger partial charge < -0.3 is 0 Å². The predicted molar refractivity (Wildman–Crippen MR) is 144 cm³/mol. The maximum absolute atomic E-state index is 14.9. The molecule has 0 aromatic heterocycles. The Hall–Kier alpha value is -1.41. The fraction of sp³-hybridized carbons (Fsp3) is 0.625. The zero-order chi connectivity index (χ0) is 24.6. The largest absolute Gasteiger partial charge is 0.207 e. The number of benzene rings is 2. The summed E-state index contributed by atoms with van der Waals surface area (Å²) in [6.07, 6.45) is 19.0. The summed E-state index contributed by atoms with van der Waals surface area (Å²) in [6, 6.07) is 10.7. The maximum Gasteiger partial charge on any atom is 0.142 e. The average molecular weight is 501 g/mol. The Morgan fingerprint density at radius 3 is 1.94 bits per heavy atom. The summed E-state index contributed by atoms with van der Waals surface area (Å²) in [4.78, 5) is 0. The van der Waals surface area contributed by atoms with Crippen LogP contribution in [0.25, 0.3) is 0 Å². The van der Waals surface area contributed by atoms with E-state index in [1.807, 2.05) is 12.1 Å². The normalized spacial score (nSPS) is 25.0. The Kier molecular flexibility index (Phi) is 10.1. The van der Waals surface area contributed by atoms with E-state index in [-0.39, 0.29) is 10.8 Å². The molecule has 2 aliphatic carbocycles. The van der Waals surface area contributed by atoms with E-state index in [0.717, 1.165) is 28.9 Å². The van der Waals surface area contributed by atoms with Gasteiger partial charge in [0, 0.05) is 0 Å². The summed E-state index contributed by atoms with van der Waals surface area (Å²) in [5, 5.41) is 0.129. The van der Waals surface area contributed by atoms with E-state index in [0.29, 0.717) is 24.3 Å². The lowest BCUT2D eigenvalue weighted by Gasteiger charge is -2.32. The second-order valence-corrected chi connectivity index (χ2v) is 11.8. The molecule has 0 bridgehead atoms. The molecule has 0 aliphatic heterocycles. The van der Waals surface area contributed by atoms with Gasteiger partial charge >= 0.3 is 0 Å². The minimum absolute atomic E-state index is 0.117. The summed E-state index contributed by atoms with van der Waals surface area (Å²) < 4.78 is 28.5. The number of rotatable bonds is 10. The Bertz CT molecular complexity index is 923. The van der Waals surface area contributed by atoms with Crippen LogP contribution in [-0.4, -0.2) is 0 Å². The quantitative estimate of drug-likeness (QED) is 0.304. The first kappa shape index (κ1) is 26.6. The van der Waals surface area contributed by atoms with E-state index < -0.39 is 5.82 Å². The molecule has 0 amide bonds. The minimum Gasteiger partial charge on any atom is -0.207 e. The molecular weight excluding hydrogens is 458 g/mol. The van der Waals surface area contributed by atoms with Crippen molar-refractivity contribution in [2.45, 2.75) is 109 Å². The molecule has 0 heterocycles. The van der Waals surface area contributed by atoms with Crippen LogP contribution in [0.1, 0.15) is 113 Å². The first-order valence-corrected chi connectivity index (χ1v) is 14.6. The smallest absolute Gasteiger partial charge is 0.142 e. The molecule has 2 saturated carbocycles. The van der Waals surface area contributed by atoms with Gasteiger partial charge in [0.1, 0.15) is 11.6 Å². The van der Waals surface area contributed by atoms with E-state index in [1.165, 1.54) is 89.5 Å². The van der Waals surface area contributed by atoms with Gasteiger partial charge in [0.05, 0.1) is 5.02 Å². The topological polar surface area (TPSA) is 0 Å². The van der Waals surface area contributed by atoms with E-state index in [1.54, 1.807) is 12.1 Å². The molecule has 4 rings (SSSR count). The van der Waals surface area contributed by atoms with Gasteiger partial charge in [-0.3, -0.25) is 0 Å². The molecule has 3 heteroatoms.